The number of para-hydroxylation sites is 2. The molecule has 11 aromatic rings. The third-order valence-electron chi connectivity index (χ3n) is 10.7. The first-order valence-corrected chi connectivity index (χ1v) is 18.5. The van der Waals surface area contributed by atoms with E-state index in [1.165, 1.54) is 32.3 Å². The van der Waals surface area contributed by atoms with Crippen LogP contribution in [0, 0.1) is 0 Å². The Labute approximate surface area is 319 Å². The summed E-state index contributed by atoms with van der Waals surface area (Å²) in [6.07, 6.45) is 0. The van der Waals surface area contributed by atoms with E-state index in [4.69, 9.17) is 16.3 Å². The molecule has 0 saturated carbocycles. The lowest BCUT2D eigenvalue weighted by atomic mass is 9.93. The fraction of sp³-hybridized carbons (Fsp3) is 0. The van der Waals surface area contributed by atoms with E-state index in [0.29, 0.717) is 11.9 Å². The number of hydrogen-bond acceptors (Lipinski definition) is 3. The second kappa shape index (κ2) is 12.6. The standard InChI is InChI=1S/C51H32N4/c1-2-14-34(15-3-1)51-54-46-24-12-13-25-49(46)55(51)37-28-26-33(27-29-37)50-52-47(44-30-35-16-4-6-18-38(35)40-20-8-10-22-42(40)44)32-48(53-50)45-31-36-17-5-7-19-39(36)41-21-9-11-23-43(41)45/h1-32H/i1D. The molecule has 0 N–H and O–H groups in total. The van der Waals surface area contributed by atoms with Crippen molar-refractivity contribution < 1.29 is 1.37 Å². The average molecular weight is 702 g/mol. The third-order valence-corrected chi connectivity index (χ3v) is 10.7. The first-order chi connectivity index (χ1) is 27.7. The molecule has 2 heterocycles. The molecule has 4 heteroatoms. The van der Waals surface area contributed by atoms with Crippen molar-refractivity contribution in [3.05, 3.63) is 194 Å². The molecule has 0 fully saturated rings. The Morgan fingerprint density at radius 1 is 0.400 bits per heavy atom. The maximum Gasteiger partial charge on any atom is 0.160 e. The van der Waals surface area contributed by atoms with Gasteiger partial charge in [0, 0.05) is 27.9 Å². The second-order valence-electron chi connectivity index (χ2n) is 13.9. The number of aromatic nitrogens is 4. The van der Waals surface area contributed by atoms with Crippen LogP contribution in [-0.4, -0.2) is 19.5 Å². The monoisotopic (exact) mass is 701 g/mol. The summed E-state index contributed by atoms with van der Waals surface area (Å²) in [4.78, 5) is 15.8. The molecule has 0 spiro atoms. The van der Waals surface area contributed by atoms with E-state index in [9.17, 15) is 0 Å². The van der Waals surface area contributed by atoms with Gasteiger partial charge in [-0.1, -0.05) is 140 Å². The van der Waals surface area contributed by atoms with E-state index in [1.54, 1.807) is 0 Å². The number of nitrogens with zero attached hydrogens (tertiary/aromatic N) is 4. The minimum atomic E-state index is 0.468. The summed E-state index contributed by atoms with van der Waals surface area (Å²) in [6.45, 7) is 0. The van der Waals surface area contributed by atoms with Crippen LogP contribution >= 0.6 is 0 Å². The molecular formula is C51H32N4. The number of rotatable bonds is 5. The number of fused-ring (bicyclic) bond motifs is 7. The van der Waals surface area contributed by atoms with Crippen LogP contribution in [0.15, 0.2) is 194 Å². The molecule has 0 unspecified atom stereocenters. The van der Waals surface area contributed by atoms with Crippen LogP contribution in [0.5, 0.6) is 0 Å². The fourth-order valence-electron chi connectivity index (χ4n) is 8.16. The maximum atomic E-state index is 8.04. The van der Waals surface area contributed by atoms with E-state index < -0.39 is 0 Å². The zero-order valence-electron chi connectivity index (χ0n) is 30.7. The first-order valence-electron chi connectivity index (χ1n) is 19.0. The highest BCUT2D eigenvalue weighted by atomic mass is 15.1. The quantitative estimate of drug-likeness (QED) is 0.168. The van der Waals surface area contributed by atoms with Crippen LogP contribution in [0.2, 0.25) is 0 Å². The number of imidazole rings is 1. The Balaban J connectivity index is 1.14. The lowest BCUT2D eigenvalue weighted by Crippen LogP contribution is -1.99. The van der Waals surface area contributed by atoms with Crippen molar-refractivity contribution >= 4 is 54.1 Å². The topological polar surface area (TPSA) is 43.6 Å². The van der Waals surface area contributed by atoms with Gasteiger partial charge in [-0.15, -0.1) is 0 Å². The number of hydrogen-bond donors (Lipinski definition) is 0. The average Bonchev–Trinajstić information content (AvgIpc) is 3.66. The summed E-state index contributed by atoms with van der Waals surface area (Å²) >= 11 is 0. The molecule has 0 amide bonds. The summed E-state index contributed by atoms with van der Waals surface area (Å²) in [7, 11) is 0. The van der Waals surface area contributed by atoms with Crippen LogP contribution in [0.4, 0.5) is 0 Å². The summed E-state index contributed by atoms with van der Waals surface area (Å²) in [5.41, 5.74) is 8.64. The van der Waals surface area contributed by atoms with Gasteiger partial charge in [0.25, 0.3) is 0 Å². The van der Waals surface area contributed by atoms with Crippen molar-refractivity contribution in [1.82, 2.24) is 19.5 Å². The summed E-state index contributed by atoms with van der Waals surface area (Å²) < 4.78 is 10.2. The molecule has 11 rings (SSSR count). The number of benzene rings is 9. The van der Waals surface area contributed by atoms with Gasteiger partial charge in [-0.05, 0) is 97.7 Å². The van der Waals surface area contributed by atoms with E-state index in [1.807, 2.05) is 42.5 Å². The Bertz CT molecular complexity index is 3170. The lowest BCUT2D eigenvalue weighted by molar-refractivity contribution is 1.10. The summed E-state index contributed by atoms with van der Waals surface area (Å²) in [6, 6.07) is 65.8. The molecule has 0 aliphatic carbocycles. The molecule has 0 atom stereocenters. The normalized spacial score (nSPS) is 11.9. The molecule has 55 heavy (non-hydrogen) atoms. The molecule has 9 aromatic carbocycles. The largest absolute Gasteiger partial charge is 0.292 e. The Kier molecular flexibility index (Phi) is 6.90. The van der Waals surface area contributed by atoms with Crippen LogP contribution in [0.25, 0.3) is 105 Å². The minimum Gasteiger partial charge on any atom is -0.292 e. The van der Waals surface area contributed by atoms with Gasteiger partial charge in [0.05, 0.1) is 23.8 Å². The Morgan fingerprint density at radius 3 is 1.51 bits per heavy atom. The smallest absolute Gasteiger partial charge is 0.160 e. The first kappa shape index (κ1) is 30.1. The van der Waals surface area contributed by atoms with Crippen LogP contribution in [0.3, 0.4) is 0 Å². The molecule has 256 valence electrons. The van der Waals surface area contributed by atoms with E-state index in [0.717, 1.165) is 67.0 Å². The molecule has 0 aliphatic rings. The van der Waals surface area contributed by atoms with Gasteiger partial charge in [0.1, 0.15) is 5.82 Å². The summed E-state index contributed by atoms with van der Waals surface area (Å²) in [5.74, 6) is 1.48. The molecular weight excluding hydrogens is 669 g/mol. The van der Waals surface area contributed by atoms with Crippen molar-refractivity contribution in [1.29, 1.82) is 0 Å². The SMILES string of the molecule is [2H]c1ccc(-c2nc3ccccc3n2-c2ccc(-c3nc(-c4cc5ccccc5c5ccccc45)cc(-c4cc5ccccc5c5ccccc45)n3)cc2)cc1. The van der Waals surface area contributed by atoms with E-state index >= 15 is 0 Å². The molecule has 4 nitrogen and oxygen atoms in total. The highest BCUT2D eigenvalue weighted by molar-refractivity contribution is 6.15. The predicted octanol–water partition coefficient (Wildman–Crippen LogP) is 13.1. The molecule has 0 saturated heterocycles. The van der Waals surface area contributed by atoms with Gasteiger partial charge in [-0.25, -0.2) is 15.0 Å². The highest BCUT2D eigenvalue weighted by Gasteiger charge is 2.18. The van der Waals surface area contributed by atoms with Gasteiger partial charge < -0.3 is 0 Å². The predicted molar refractivity (Wildman–Crippen MR) is 228 cm³/mol. The van der Waals surface area contributed by atoms with Crippen LogP contribution in [-0.2, 0) is 0 Å². The second-order valence-corrected chi connectivity index (χ2v) is 13.9. The highest BCUT2D eigenvalue weighted by Crippen LogP contribution is 2.39. The minimum absolute atomic E-state index is 0.468. The zero-order valence-corrected chi connectivity index (χ0v) is 29.7. The maximum absolute atomic E-state index is 8.04. The van der Waals surface area contributed by atoms with Crippen molar-refractivity contribution in [2.45, 2.75) is 0 Å². The van der Waals surface area contributed by atoms with Gasteiger partial charge in [0.15, 0.2) is 5.82 Å². The Hall–Kier alpha value is -7.43. The Morgan fingerprint density at radius 2 is 0.909 bits per heavy atom. The van der Waals surface area contributed by atoms with Crippen molar-refractivity contribution in [3.8, 4) is 51.0 Å². The summed E-state index contributed by atoms with van der Waals surface area (Å²) in [5, 5.41) is 9.48. The van der Waals surface area contributed by atoms with Crippen LogP contribution in [0.1, 0.15) is 1.37 Å². The van der Waals surface area contributed by atoms with Crippen LogP contribution < -0.4 is 0 Å². The van der Waals surface area contributed by atoms with Crippen molar-refractivity contribution in [2.75, 3.05) is 0 Å². The van der Waals surface area contributed by atoms with Gasteiger partial charge in [-0.3, -0.25) is 4.57 Å². The fourth-order valence-corrected chi connectivity index (χ4v) is 8.16. The molecule has 0 aliphatic heterocycles. The van der Waals surface area contributed by atoms with Gasteiger partial charge >= 0.3 is 0 Å². The lowest BCUT2D eigenvalue weighted by Gasteiger charge is -2.15. The van der Waals surface area contributed by atoms with Gasteiger partial charge in [-0.2, -0.15) is 0 Å². The molecule has 0 bridgehead atoms. The van der Waals surface area contributed by atoms with Crippen molar-refractivity contribution in [2.24, 2.45) is 0 Å². The zero-order chi connectivity index (χ0) is 37.2. The van der Waals surface area contributed by atoms with Crippen molar-refractivity contribution in [3.63, 3.8) is 0 Å². The third kappa shape index (κ3) is 5.19. The molecule has 0 radical (unpaired) electrons. The van der Waals surface area contributed by atoms with Gasteiger partial charge in [0.2, 0.25) is 0 Å². The van der Waals surface area contributed by atoms with E-state index in [2.05, 4.69) is 150 Å². The molecule has 2 aromatic heterocycles. The van der Waals surface area contributed by atoms with E-state index in [-0.39, 0.29) is 0 Å².